The van der Waals surface area contributed by atoms with Gasteiger partial charge in [-0.3, -0.25) is 4.68 Å². The molecule has 3 aromatic rings. The second kappa shape index (κ2) is 3.80. The third-order valence-electron chi connectivity index (χ3n) is 3.11. The van der Waals surface area contributed by atoms with Crippen molar-refractivity contribution in [3.8, 4) is 17.0 Å². The molecule has 18 heavy (non-hydrogen) atoms. The van der Waals surface area contributed by atoms with E-state index in [0.29, 0.717) is 5.69 Å². The molecule has 0 amide bonds. The van der Waals surface area contributed by atoms with Crippen LogP contribution in [0.4, 0.5) is 5.69 Å². The molecule has 0 saturated carbocycles. The van der Waals surface area contributed by atoms with Crippen LogP contribution in [-0.2, 0) is 7.05 Å². The van der Waals surface area contributed by atoms with E-state index in [1.54, 1.807) is 18.0 Å². The minimum Gasteiger partial charge on any atom is -0.497 e. The Morgan fingerprint density at radius 2 is 2.22 bits per heavy atom. The van der Waals surface area contributed by atoms with E-state index in [-0.39, 0.29) is 0 Å². The number of nitrogens with one attached hydrogen (secondary N) is 1. The molecule has 5 nitrogen and oxygen atoms in total. The molecule has 0 atom stereocenters. The number of nitrogens with zero attached hydrogens (tertiary/aromatic N) is 2. The number of methoxy groups -OCH3 is 1. The molecule has 0 unspecified atom stereocenters. The summed E-state index contributed by atoms with van der Waals surface area (Å²) in [6.07, 6.45) is 3.60. The summed E-state index contributed by atoms with van der Waals surface area (Å²) in [6.45, 7) is 0. The molecule has 3 rings (SSSR count). The third kappa shape index (κ3) is 1.44. The van der Waals surface area contributed by atoms with Crippen molar-refractivity contribution in [1.82, 2.24) is 14.8 Å². The molecule has 0 fully saturated rings. The summed E-state index contributed by atoms with van der Waals surface area (Å²) >= 11 is 0. The zero-order chi connectivity index (χ0) is 12.7. The number of H-pyrrole nitrogens is 1. The van der Waals surface area contributed by atoms with E-state index in [4.69, 9.17) is 10.5 Å². The third-order valence-corrected chi connectivity index (χ3v) is 3.11. The summed E-state index contributed by atoms with van der Waals surface area (Å²) in [7, 11) is 3.54. The predicted octanol–water partition coefficient (Wildman–Crippen LogP) is 2.16. The van der Waals surface area contributed by atoms with Crippen LogP contribution in [0, 0.1) is 0 Å². The molecule has 2 aromatic heterocycles. The van der Waals surface area contributed by atoms with Crippen LogP contribution < -0.4 is 10.5 Å². The normalized spacial score (nSPS) is 11.0. The van der Waals surface area contributed by atoms with Gasteiger partial charge >= 0.3 is 0 Å². The average Bonchev–Trinajstić information content (AvgIpc) is 2.92. The lowest BCUT2D eigenvalue weighted by atomic mass is 10.1. The molecule has 2 heterocycles. The Kier molecular flexibility index (Phi) is 2.26. The summed E-state index contributed by atoms with van der Waals surface area (Å²) in [4.78, 5) is 3.23. The Balaban J connectivity index is 2.29. The van der Waals surface area contributed by atoms with Gasteiger partial charge in [-0.1, -0.05) is 0 Å². The van der Waals surface area contributed by atoms with Gasteiger partial charge in [-0.2, -0.15) is 5.10 Å². The van der Waals surface area contributed by atoms with E-state index in [1.165, 1.54) is 0 Å². The highest BCUT2D eigenvalue weighted by atomic mass is 16.5. The Labute approximate surface area is 104 Å². The maximum atomic E-state index is 5.97. The highest BCUT2D eigenvalue weighted by Crippen LogP contribution is 2.33. The van der Waals surface area contributed by atoms with Crippen LogP contribution in [0.25, 0.3) is 22.2 Å². The Morgan fingerprint density at radius 1 is 1.39 bits per heavy atom. The second-order valence-corrected chi connectivity index (χ2v) is 4.19. The number of nitrogens with two attached hydrogens (primary N) is 1. The molecular weight excluding hydrogens is 228 g/mol. The number of aromatic amines is 1. The topological polar surface area (TPSA) is 68.9 Å². The van der Waals surface area contributed by atoms with Crippen molar-refractivity contribution >= 4 is 16.6 Å². The van der Waals surface area contributed by atoms with Gasteiger partial charge < -0.3 is 15.5 Å². The molecule has 0 aliphatic heterocycles. The SMILES string of the molecule is COc1ccc2[nH]cc(-c3c(N)cnn3C)c2c1. The maximum absolute atomic E-state index is 5.97. The molecule has 0 aliphatic carbocycles. The molecule has 3 N–H and O–H groups in total. The number of ether oxygens (including phenoxy) is 1. The largest absolute Gasteiger partial charge is 0.497 e. The number of aryl methyl sites for hydroxylation is 1. The quantitative estimate of drug-likeness (QED) is 0.723. The van der Waals surface area contributed by atoms with Crippen LogP contribution in [0.5, 0.6) is 5.75 Å². The minimum atomic E-state index is 0.668. The Morgan fingerprint density at radius 3 is 2.89 bits per heavy atom. The van der Waals surface area contributed by atoms with E-state index in [2.05, 4.69) is 10.1 Å². The standard InChI is InChI=1S/C13H14N4O/c1-17-13(11(14)7-16-17)10-6-15-12-4-3-8(18-2)5-9(10)12/h3-7,15H,14H2,1-2H3. The lowest BCUT2D eigenvalue weighted by molar-refractivity contribution is 0.415. The van der Waals surface area contributed by atoms with Gasteiger partial charge in [0, 0.05) is 29.7 Å². The van der Waals surface area contributed by atoms with Crippen molar-refractivity contribution in [3.05, 3.63) is 30.6 Å². The van der Waals surface area contributed by atoms with Crippen LogP contribution in [-0.4, -0.2) is 21.9 Å². The van der Waals surface area contributed by atoms with Crippen molar-refractivity contribution in [2.45, 2.75) is 0 Å². The van der Waals surface area contributed by atoms with E-state index in [9.17, 15) is 0 Å². The van der Waals surface area contributed by atoms with Gasteiger partial charge in [0.2, 0.25) is 0 Å². The lowest BCUT2D eigenvalue weighted by Crippen LogP contribution is -1.95. The van der Waals surface area contributed by atoms with Crippen LogP contribution in [0.15, 0.2) is 30.6 Å². The van der Waals surface area contributed by atoms with Gasteiger partial charge in [0.25, 0.3) is 0 Å². The number of nitrogen functional groups attached to an aromatic ring is 1. The zero-order valence-corrected chi connectivity index (χ0v) is 10.3. The zero-order valence-electron chi connectivity index (χ0n) is 10.3. The van der Waals surface area contributed by atoms with Crippen molar-refractivity contribution in [2.75, 3.05) is 12.8 Å². The van der Waals surface area contributed by atoms with E-state index >= 15 is 0 Å². The number of aromatic nitrogens is 3. The highest BCUT2D eigenvalue weighted by molar-refractivity contribution is 5.97. The summed E-state index contributed by atoms with van der Waals surface area (Å²) in [5.74, 6) is 0.823. The first-order valence-corrected chi connectivity index (χ1v) is 5.63. The lowest BCUT2D eigenvalue weighted by Gasteiger charge is -2.03. The monoisotopic (exact) mass is 242 g/mol. The van der Waals surface area contributed by atoms with Crippen LogP contribution >= 0.6 is 0 Å². The van der Waals surface area contributed by atoms with Crippen LogP contribution in [0.1, 0.15) is 0 Å². The molecule has 0 radical (unpaired) electrons. The molecule has 1 aromatic carbocycles. The molecule has 0 aliphatic rings. The van der Waals surface area contributed by atoms with E-state index < -0.39 is 0 Å². The smallest absolute Gasteiger partial charge is 0.119 e. The molecule has 92 valence electrons. The Bertz CT molecular complexity index is 691. The second-order valence-electron chi connectivity index (χ2n) is 4.19. The van der Waals surface area contributed by atoms with Gasteiger partial charge in [-0.05, 0) is 18.2 Å². The first-order valence-electron chi connectivity index (χ1n) is 5.63. The van der Waals surface area contributed by atoms with Crippen LogP contribution in [0.2, 0.25) is 0 Å². The predicted molar refractivity (Wildman–Crippen MR) is 71.5 cm³/mol. The van der Waals surface area contributed by atoms with Gasteiger partial charge in [0.15, 0.2) is 0 Å². The van der Waals surface area contributed by atoms with Crippen LogP contribution in [0.3, 0.4) is 0 Å². The summed E-state index contributed by atoms with van der Waals surface area (Å²) in [5, 5.41) is 5.24. The molecule has 5 heteroatoms. The number of hydrogen-bond acceptors (Lipinski definition) is 3. The molecular formula is C13H14N4O. The first-order chi connectivity index (χ1) is 8.70. The fraction of sp³-hybridized carbons (Fsp3) is 0.154. The highest BCUT2D eigenvalue weighted by Gasteiger charge is 2.13. The van der Waals surface area contributed by atoms with Crippen molar-refractivity contribution in [2.24, 2.45) is 7.05 Å². The number of rotatable bonds is 2. The first kappa shape index (κ1) is 10.7. The summed E-state index contributed by atoms with van der Waals surface area (Å²) in [6, 6.07) is 5.91. The summed E-state index contributed by atoms with van der Waals surface area (Å²) in [5.41, 5.74) is 9.62. The number of fused-ring (bicyclic) bond motifs is 1. The molecule has 0 spiro atoms. The van der Waals surface area contributed by atoms with Gasteiger partial charge in [-0.25, -0.2) is 0 Å². The number of benzene rings is 1. The minimum absolute atomic E-state index is 0.668. The average molecular weight is 242 g/mol. The van der Waals surface area contributed by atoms with E-state index in [0.717, 1.165) is 27.9 Å². The number of hydrogen-bond donors (Lipinski definition) is 2. The molecule has 0 saturated heterocycles. The maximum Gasteiger partial charge on any atom is 0.119 e. The van der Waals surface area contributed by atoms with Gasteiger partial charge in [0.05, 0.1) is 24.7 Å². The van der Waals surface area contributed by atoms with Crippen molar-refractivity contribution < 1.29 is 4.74 Å². The van der Waals surface area contributed by atoms with E-state index in [1.807, 2.05) is 31.4 Å². The fourth-order valence-corrected chi connectivity index (χ4v) is 2.21. The fourth-order valence-electron chi connectivity index (χ4n) is 2.21. The van der Waals surface area contributed by atoms with Gasteiger partial charge in [0.1, 0.15) is 5.75 Å². The van der Waals surface area contributed by atoms with Crippen molar-refractivity contribution in [1.29, 1.82) is 0 Å². The van der Waals surface area contributed by atoms with Gasteiger partial charge in [-0.15, -0.1) is 0 Å². The summed E-state index contributed by atoms with van der Waals surface area (Å²) < 4.78 is 7.03. The van der Waals surface area contributed by atoms with Crippen molar-refractivity contribution in [3.63, 3.8) is 0 Å². The molecule has 0 bridgehead atoms. The number of anilines is 1. The Hall–Kier alpha value is -2.43.